The molecule has 0 spiro atoms. The van der Waals surface area contributed by atoms with E-state index in [2.05, 4.69) is 10.6 Å². The van der Waals surface area contributed by atoms with E-state index < -0.39 is 0 Å². The summed E-state index contributed by atoms with van der Waals surface area (Å²) in [6.45, 7) is 0.787. The summed E-state index contributed by atoms with van der Waals surface area (Å²) in [6, 6.07) is 12.2. The van der Waals surface area contributed by atoms with Crippen LogP contribution in [0.4, 0.5) is 10.1 Å². The third-order valence-corrected chi connectivity index (χ3v) is 4.94. The van der Waals surface area contributed by atoms with Crippen molar-refractivity contribution in [2.75, 3.05) is 31.8 Å². The van der Waals surface area contributed by atoms with Gasteiger partial charge in [-0.05, 0) is 54.2 Å². The molecule has 0 saturated heterocycles. The van der Waals surface area contributed by atoms with E-state index in [0.29, 0.717) is 16.6 Å². The first-order valence-electron chi connectivity index (χ1n) is 8.21. The van der Waals surface area contributed by atoms with Crippen LogP contribution < -0.4 is 20.1 Å². The van der Waals surface area contributed by atoms with Crippen LogP contribution in [-0.4, -0.2) is 31.6 Å². The molecular formula is C19H23FN2O2S2. The maximum atomic E-state index is 12.8. The number of anilines is 1. The number of hydrogen-bond donors (Lipinski definition) is 2. The van der Waals surface area contributed by atoms with Crippen molar-refractivity contribution in [3.05, 3.63) is 53.8 Å². The van der Waals surface area contributed by atoms with Crippen molar-refractivity contribution in [3.8, 4) is 11.5 Å². The van der Waals surface area contributed by atoms with Crippen molar-refractivity contribution >= 4 is 34.8 Å². The van der Waals surface area contributed by atoms with Gasteiger partial charge in [0.05, 0.1) is 14.2 Å². The fourth-order valence-corrected chi connectivity index (χ4v) is 3.38. The number of methoxy groups -OCH3 is 2. The van der Waals surface area contributed by atoms with Gasteiger partial charge in [-0.3, -0.25) is 0 Å². The van der Waals surface area contributed by atoms with E-state index in [-0.39, 0.29) is 5.82 Å². The van der Waals surface area contributed by atoms with E-state index in [0.717, 1.165) is 35.7 Å². The normalized spacial score (nSPS) is 10.3. The average molecular weight is 395 g/mol. The van der Waals surface area contributed by atoms with Gasteiger partial charge < -0.3 is 20.1 Å². The highest BCUT2D eigenvalue weighted by atomic mass is 32.2. The minimum absolute atomic E-state index is 0.196. The number of halogens is 1. The molecule has 0 aliphatic rings. The molecule has 140 valence electrons. The fourth-order valence-electron chi connectivity index (χ4n) is 2.24. The summed E-state index contributed by atoms with van der Waals surface area (Å²) in [5, 5.41) is 6.89. The fraction of sp³-hybridized carbons (Fsp3) is 0.316. The molecule has 0 aromatic heterocycles. The lowest BCUT2D eigenvalue weighted by atomic mass is 10.2. The number of thioether (sulfide) groups is 1. The third-order valence-electron chi connectivity index (χ3n) is 3.57. The lowest BCUT2D eigenvalue weighted by Crippen LogP contribution is -2.29. The molecule has 0 heterocycles. The molecule has 0 unspecified atom stereocenters. The molecule has 2 N–H and O–H groups in total. The number of nitrogens with one attached hydrogen (secondary N) is 2. The molecular weight excluding hydrogens is 371 g/mol. The van der Waals surface area contributed by atoms with E-state index in [9.17, 15) is 4.39 Å². The van der Waals surface area contributed by atoms with E-state index >= 15 is 0 Å². The Hall–Kier alpha value is -1.99. The van der Waals surface area contributed by atoms with Gasteiger partial charge in [-0.25, -0.2) is 4.39 Å². The zero-order valence-electron chi connectivity index (χ0n) is 14.9. The molecule has 26 heavy (non-hydrogen) atoms. The Morgan fingerprint density at radius 2 is 1.81 bits per heavy atom. The molecule has 0 bridgehead atoms. The van der Waals surface area contributed by atoms with Gasteiger partial charge in [0.15, 0.2) is 16.6 Å². The van der Waals surface area contributed by atoms with Crippen molar-refractivity contribution < 1.29 is 13.9 Å². The molecule has 2 rings (SSSR count). The Morgan fingerprint density at radius 1 is 1.08 bits per heavy atom. The molecule has 0 aliphatic heterocycles. The van der Waals surface area contributed by atoms with Crippen molar-refractivity contribution in [1.29, 1.82) is 0 Å². The molecule has 7 heteroatoms. The summed E-state index contributed by atoms with van der Waals surface area (Å²) in [5.74, 6) is 3.02. The van der Waals surface area contributed by atoms with Gasteiger partial charge in [-0.2, -0.15) is 11.8 Å². The predicted octanol–water partition coefficient (Wildman–Crippen LogP) is 4.45. The Kier molecular flexibility index (Phi) is 8.50. The lowest BCUT2D eigenvalue weighted by Gasteiger charge is -2.13. The molecule has 2 aromatic carbocycles. The maximum absolute atomic E-state index is 12.8. The number of benzene rings is 2. The first-order chi connectivity index (χ1) is 12.6. The van der Waals surface area contributed by atoms with Gasteiger partial charge in [-0.1, -0.05) is 12.1 Å². The van der Waals surface area contributed by atoms with E-state index in [4.69, 9.17) is 21.7 Å². The summed E-state index contributed by atoms with van der Waals surface area (Å²) in [4.78, 5) is 0. The summed E-state index contributed by atoms with van der Waals surface area (Å²) in [5.41, 5.74) is 1.97. The first-order valence-corrected chi connectivity index (χ1v) is 9.77. The monoisotopic (exact) mass is 394 g/mol. The van der Waals surface area contributed by atoms with Gasteiger partial charge in [0.25, 0.3) is 0 Å². The van der Waals surface area contributed by atoms with E-state index in [1.807, 2.05) is 42.1 Å². The Morgan fingerprint density at radius 3 is 2.50 bits per heavy atom. The third kappa shape index (κ3) is 6.72. The minimum Gasteiger partial charge on any atom is -0.493 e. The van der Waals surface area contributed by atoms with Crippen molar-refractivity contribution in [1.82, 2.24) is 5.32 Å². The smallest absolute Gasteiger partial charge is 0.170 e. The van der Waals surface area contributed by atoms with Gasteiger partial charge in [0.2, 0.25) is 0 Å². The van der Waals surface area contributed by atoms with E-state index in [1.165, 1.54) is 12.1 Å². The summed E-state index contributed by atoms with van der Waals surface area (Å²) in [7, 11) is 3.20. The maximum Gasteiger partial charge on any atom is 0.170 e. The SMILES string of the molecule is COc1ccc(NC(=S)NCCCSCc2ccc(F)cc2)cc1OC. The highest BCUT2D eigenvalue weighted by Gasteiger charge is 2.05. The van der Waals surface area contributed by atoms with Gasteiger partial charge in [0, 0.05) is 24.1 Å². The van der Waals surface area contributed by atoms with Crippen LogP contribution in [-0.2, 0) is 5.75 Å². The number of rotatable bonds is 9. The summed E-state index contributed by atoms with van der Waals surface area (Å²) >= 11 is 7.13. The molecule has 4 nitrogen and oxygen atoms in total. The second kappa shape index (κ2) is 10.9. The van der Waals surface area contributed by atoms with Crippen molar-refractivity contribution in [3.63, 3.8) is 0 Å². The molecule has 0 aliphatic carbocycles. The van der Waals surface area contributed by atoms with Gasteiger partial charge >= 0.3 is 0 Å². The van der Waals surface area contributed by atoms with Crippen LogP contribution in [0.1, 0.15) is 12.0 Å². The van der Waals surface area contributed by atoms with E-state index in [1.54, 1.807) is 14.2 Å². The van der Waals surface area contributed by atoms with Gasteiger partial charge in [-0.15, -0.1) is 0 Å². The standard InChI is InChI=1S/C19H23FN2O2S2/c1-23-17-9-8-16(12-18(17)24-2)22-19(25)21-10-3-11-26-13-14-4-6-15(20)7-5-14/h4-9,12H,3,10-11,13H2,1-2H3,(H2,21,22,25). The molecule has 0 saturated carbocycles. The summed E-state index contributed by atoms with van der Waals surface area (Å²) < 4.78 is 23.3. The van der Waals surface area contributed by atoms with Crippen LogP contribution in [0.2, 0.25) is 0 Å². The molecule has 0 radical (unpaired) electrons. The Balaban J connectivity index is 1.63. The number of hydrogen-bond acceptors (Lipinski definition) is 4. The number of thiocarbonyl (C=S) groups is 1. The van der Waals surface area contributed by atoms with Gasteiger partial charge in [0.1, 0.15) is 5.82 Å². The largest absolute Gasteiger partial charge is 0.493 e. The summed E-state index contributed by atoms with van der Waals surface area (Å²) in [6.07, 6.45) is 0.986. The number of ether oxygens (including phenoxy) is 2. The minimum atomic E-state index is -0.196. The van der Waals surface area contributed by atoms with Crippen LogP contribution in [0, 0.1) is 5.82 Å². The molecule has 2 aromatic rings. The zero-order valence-corrected chi connectivity index (χ0v) is 16.5. The van der Waals surface area contributed by atoms with Crippen LogP contribution >= 0.6 is 24.0 Å². The topological polar surface area (TPSA) is 42.5 Å². The quantitative estimate of drug-likeness (QED) is 0.484. The Bertz CT molecular complexity index is 711. The van der Waals surface area contributed by atoms with Crippen molar-refractivity contribution in [2.24, 2.45) is 0 Å². The van der Waals surface area contributed by atoms with Crippen molar-refractivity contribution in [2.45, 2.75) is 12.2 Å². The predicted molar refractivity (Wildman–Crippen MR) is 111 cm³/mol. The first kappa shape index (κ1) is 20.3. The molecule has 0 fully saturated rings. The highest BCUT2D eigenvalue weighted by Crippen LogP contribution is 2.29. The zero-order chi connectivity index (χ0) is 18.8. The second-order valence-corrected chi connectivity index (χ2v) is 7.00. The average Bonchev–Trinajstić information content (AvgIpc) is 2.65. The lowest BCUT2D eigenvalue weighted by molar-refractivity contribution is 0.355. The second-order valence-electron chi connectivity index (χ2n) is 5.48. The Labute approximate surface area is 163 Å². The van der Waals surface area contributed by atoms with Crippen LogP contribution in [0.25, 0.3) is 0 Å². The van der Waals surface area contributed by atoms with Crippen LogP contribution in [0.5, 0.6) is 11.5 Å². The van der Waals surface area contributed by atoms with Crippen LogP contribution in [0.3, 0.4) is 0 Å². The molecule has 0 amide bonds. The molecule has 0 atom stereocenters. The highest BCUT2D eigenvalue weighted by molar-refractivity contribution is 7.98. The van der Waals surface area contributed by atoms with Crippen LogP contribution in [0.15, 0.2) is 42.5 Å².